The van der Waals surface area contributed by atoms with E-state index in [1.54, 1.807) is 0 Å². The molecule has 0 amide bonds. The number of hydrogen-bond donors (Lipinski definition) is 0. The third-order valence-corrected chi connectivity index (χ3v) is 21.2. The zero-order chi connectivity index (χ0) is 68.6. The lowest BCUT2D eigenvalue weighted by molar-refractivity contribution is 0.488. The third-order valence-electron chi connectivity index (χ3n) is 21.2. The maximum atomic E-state index is 8.06. The Morgan fingerprint density at radius 3 is 1.05 bits per heavy atom. The minimum Gasteiger partial charge on any atom is -0.458 e. The molecule has 8 heteroatoms. The lowest BCUT2D eigenvalue weighted by Gasteiger charge is -2.46. The van der Waals surface area contributed by atoms with Gasteiger partial charge in [-0.2, -0.15) is 0 Å². The smallest absolute Gasteiger partial charge is 0.256 e. The average molecular weight is 1330 g/mol. The summed E-state index contributed by atoms with van der Waals surface area (Å²) < 4.78 is 8.06. The van der Waals surface area contributed by atoms with E-state index in [0.29, 0.717) is 0 Å². The second-order valence-electron chi connectivity index (χ2n) is 27.0. The molecule has 486 valence electrons. The molecule has 0 aliphatic carbocycles. The minimum atomic E-state index is -0.264. The molecule has 0 unspecified atom stereocenters. The highest BCUT2D eigenvalue weighted by atomic mass is 16.5. The Labute approximate surface area is 607 Å². The maximum absolute atomic E-state index is 8.06. The summed E-state index contributed by atoms with van der Waals surface area (Å²) in [4.78, 5) is 12.5. The number of ether oxygens (including phenoxy) is 1. The van der Waals surface area contributed by atoms with Crippen LogP contribution in [0.2, 0.25) is 0 Å². The Morgan fingerprint density at radius 1 is 0.221 bits per heavy atom. The van der Waals surface area contributed by atoms with Crippen molar-refractivity contribution in [3.8, 4) is 56.0 Å². The molecule has 0 spiro atoms. The van der Waals surface area contributed by atoms with E-state index in [1.165, 1.54) is 21.9 Å². The quantitative estimate of drug-likeness (QED) is 0.107. The molecule has 4 heterocycles. The lowest BCUT2D eigenvalue weighted by Crippen LogP contribution is -2.64. The van der Waals surface area contributed by atoms with Crippen LogP contribution in [0.3, 0.4) is 0 Å². The fourth-order valence-electron chi connectivity index (χ4n) is 16.9. The van der Waals surface area contributed by atoms with Crippen LogP contribution in [0.4, 0.5) is 85.3 Å². The highest BCUT2D eigenvalue weighted by Crippen LogP contribution is 2.55. The van der Waals surface area contributed by atoms with E-state index in [2.05, 4.69) is 419 Å². The highest BCUT2D eigenvalue weighted by molar-refractivity contribution is 7.02. The molecule has 6 nitrogen and oxygen atoms in total. The van der Waals surface area contributed by atoms with Crippen LogP contribution in [0.15, 0.2) is 394 Å². The van der Waals surface area contributed by atoms with Crippen molar-refractivity contribution in [3.05, 3.63) is 394 Å². The minimum absolute atomic E-state index is 0.252. The molecule has 4 aliphatic heterocycles. The standard InChI is InChI=1S/C96H65B2N5O/c1-9-34-66(35-10-1)76-50-25-29-56-84(76)99(70-42-17-5-18-43-70)74-60-89-94-90(61-74)103(96-78(68-38-13-3-14-39-68)52-33-53-79(96)69-40-15-4-16-41-69)88-65-92-83(64-82(88)97(94)80-54-27-31-58-86(80)101(89)72-46-21-7-22-47-72)98-81-55-28-32-59-87(81)102(73-48-23-8-24-49-73)91-62-75(63-93(104-92)95(91)98)100(71-44-19-6-20-45-71)85-57-30-26-51-77(85)67-36-11-2-12-37-67/h1-65H. The molecule has 16 aromatic rings. The van der Waals surface area contributed by atoms with Crippen LogP contribution in [-0.4, -0.2) is 13.4 Å². The predicted molar refractivity (Wildman–Crippen MR) is 437 cm³/mol. The van der Waals surface area contributed by atoms with Gasteiger partial charge in [-0.15, -0.1) is 0 Å². The number of benzene rings is 16. The SMILES string of the molecule is c1ccc(-c2ccccc2N(c2ccccc2)c2cc3c4c(c2)N(c2ccccc2)c2ccccc2B4c2cc4c(cc2O3)N(c2c(-c3ccccc3)cccc2-c2ccccc2)c2cc(N(c3ccccc3)c3ccccc3-c3ccccc3)cc3c2B4c2ccccc2N3c2ccccc2)cc1. The summed E-state index contributed by atoms with van der Waals surface area (Å²) in [6.07, 6.45) is 0. The van der Waals surface area contributed by atoms with Crippen LogP contribution in [0, 0.1) is 0 Å². The van der Waals surface area contributed by atoms with E-state index >= 15 is 0 Å². The molecule has 0 aromatic heterocycles. The van der Waals surface area contributed by atoms with E-state index in [1.807, 2.05) is 0 Å². The van der Waals surface area contributed by atoms with Crippen LogP contribution in [0.25, 0.3) is 44.5 Å². The van der Waals surface area contributed by atoms with Crippen molar-refractivity contribution in [2.45, 2.75) is 0 Å². The van der Waals surface area contributed by atoms with Crippen LogP contribution >= 0.6 is 0 Å². The molecular formula is C96H65B2N5O. The van der Waals surface area contributed by atoms with Gasteiger partial charge in [0.15, 0.2) is 0 Å². The van der Waals surface area contributed by atoms with Gasteiger partial charge in [0.1, 0.15) is 11.5 Å². The summed E-state index contributed by atoms with van der Waals surface area (Å²) in [5, 5.41) is 0. The Balaban J connectivity index is 0.908. The first-order valence-corrected chi connectivity index (χ1v) is 35.8. The summed E-state index contributed by atoms with van der Waals surface area (Å²) in [6, 6.07) is 144. The second kappa shape index (κ2) is 25.3. The molecule has 0 saturated heterocycles. The number of hydrogen-bond acceptors (Lipinski definition) is 6. The molecule has 16 aromatic carbocycles. The molecule has 0 N–H and O–H groups in total. The molecule has 0 radical (unpaired) electrons. The van der Waals surface area contributed by atoms with E-state index < -0.39 is 0 Å². The van der Waals surface area contributed by atoms with Gasteiger partial charge in [-0.05, 0) is 146 Å². The number of para-hydroxylation sites is 9. The predicted octanol–water partition coefficient (Wildman–Crippen LogP) is 21.8. The van der Waals surface area contributed by atoms with Gasteiger partial charge in [0.25, 0.3) is 13.4 Å². The summed E-state index contributed by atoms with van der Waals surface area (Å²) in [5.74, 6) is 1.59. The zero-order valence-electron chi connectivity index (χ0n) is 56.8. The van der Waals surface area contributed by atoms with Crippen molar-refractivity contribution in [2.24, 2.45) is 0 Å². The van der Waals surface area contributed by atoms with E-state index in [4.69, 9.17) is 4.74 Å². The average Bonchev–Trinajstić information content (AvgIpc) is 0.686. The summed E-state index contributed by atoms with van der Waals surface area (Å²) >= 11 is 0. The Morgan fingerprint density at radius 2 is 0.577 bits per heavy atom. The Kier molecular flexibility index (Phi) is 14.7. The van der Waals surface area contributed by atoms with Gasteiger partial charge in [0.2, 0.25) is 0 Å². The zero-order valence-corrected chi connectivity index (χ0v) is 56.8. The molecule has 0 fully saturated rings. The first kappa shape index (κ1) is 60.4. The van der Waals surface area contributed by atoms with Crippen molar-refractivity contribution in [2.75, 3.05) is 24.5 Å². The van der Waals surface area contributed by atoms with E-state index in [0.717, 1.165) is 152 Å². The summed E-state index contributed by atoms with van der Waals surface area (Å²) in [7, 11) is 0. The molecule has 0 saturated carbocycles. The van der Waals surface area contributed by atoms with Crippen LogP contribution < -0.4 is 62.0 Å². The normalized spacial score (nSPS) is 12.6. The first-order valence-electron chi connectivity index (χ1n) is 35.8. The van der Waals surface area contributed by atoms with Crippen LogP contribution in [-0.2, 0) is 0 Å². The molecular weight excluding hydrogens is 1260 g/mol. The fourth-order valence-corrected chi connectivity index (χ4v) is 16.9. The molecule has 0 bridgehead atoms. The number of fused-ring (bicyclic) bond motifs is 8. The van der Waals surface area contributed by atoms with Gasteiger partial charge >= 0.3 is 0 Å². The molecule has 0 atom stereocenters. The largest absolute Gasteiger partial charge is 0.458 e. The van der Waals surface area contributed by atoms with Crippen molar-refractivity contribution < 1.29 is 4.74 Å². The Hall–Kier alpha value is -13.6. The highest BCUT2D eigenvalue weighted by Gasteiger charge is 2.49. The monoisotopic (exact) mass is 1330 g/mol. The van der Waals surface area contributed by atoms with Crippen molar-refractivity contribution in [1.82, 2.24) is 0 Å². The van der Waals surface area contributed by atoms with Gasteiger partial charge in [-0.1, -0.05) is 291 Å². The first-order chi connectivity index (χ1) is 51.7. The lowest BCUT2D eigenvalue weighted by atomic mass is 9.30. The second-order valence-corrected chi connectivity index (χ2v) is 27.0. The van der Waals surface area contributed by atoms with Crippen molar-refractivity contribution in [1.29, 1.82) is 0 Å². The number of nitrogens with zero attached hydrogens (tertiary/aromatic N) is 5. The fraction of sp³-hybridized carbons (Fsp3) is 0. The molecule has 20 rings (SSSR count). The Bertz CT molecular complexity index is 5880. The van der Waals surface area contributed by atoms with Crippen LogP contribution in [0.1, 0.15) is 0 Å². The van der Waals surface area contributed by atoms with Gasteiger partial charge in [0, 0.05) is 91.3 Å². The van der Waals surface area contributed by atoms with E-state index in [-0.39, 0.29) is 13.4 Å². The van der Waals surface area contributed by atoms with Gasteiger partial charge < -0.3 is 29.2 Å². The van der Waals surface area contributed by atoms with Gasteiger partial charge in [-0.3, -0.25) is 0 Å². The van der Waals surface area contributed by atoms with Gasteiger partial charge in [0.05, 0.1) is 28.4 Å². The van der Waals surface area contributed by atoms with E-state index in [9.17, 15) is 0 Å². The number of rotatable bonds is 13. The number of anilines is 15. The van der Waals surface area contributed by atoms with Crippen molar-refractivity contribution in [3.63, 3.8) is 0 Å². The maximum Gasteiger partial charge on any atom is 0.256 e. The third kappa shape index (κ3) is 9.97. The van der Waals surface area contributed by atoms with Gasteiger partial charge in [-0.25, -0.2) is 0 Å². The molecule has 104 heavy (non-hydrogen) atoms. The topological polar surface area (TPSA) is 25.4 Å². The summed E-state index contributed by atoms with van der Waals surface area (Å²) in [5.41, 5.74) is 31.7. The molecule has 4 aliphatic rings. The van der Waals surface area contributed by atoms with Crippen molar-refractivity contribution >= 4 is 132 Å². The van der Waals surface area contributed by atoms with Crippen LogP contribution in [0.5, 0.6) is 11.5 Å². The summed E-state index contributed by atoms with van der Waals surface area (Å²) in [6.45, 7) is -0.516.